The van der Waals surface area contributed by atoms with Gasteiger partial charge in [0.15, 0.2) is 5.75 Å². The smallest absolute Gasteiger partial charge is 0.207 e. The number of aromatic nitrogens is 4. The zero-order valence-electron chi connectivity index (χ0n) is 6.88. The summed E-state index contributed by atoms with van der Waals surface area (Å²) in [5.41, 5.74) is 0.570. The van der Waals surface area contributed by atoms with E-state index >= 15 is 0 Å². The number of rotatable bonds is 2. The quantitative estimate of drug-likeness (QED) is 0.472. The highest BCUT2D eigenvalue weighted by atomic mass is 17.1. The second kappa shape index (κ2) is 3.30. The van der Waals surface area contributed by atoms with Crippen LogP contribution < -0.4 is 4.89 Å². The molecule has 72 valence electrons. The number of aromatic amines is 1. The van der Waals surface area contributed by atoms with Gasteiger partial charge in [0.25, 0.3) is 0 Å². The fourth-order valence-electron chi connectivity index (χ4n) is 1.01. The average Bonchev–Trinajstić information content (AvgIpc) is 2.71. The molecule has 0 spiro atoms. The van der Waals surface area contributed by atoms with Crippen molar-refractivity contribution in [2.45, 2.75) is 0 Å². The summed E-state index contributed by atoms with van der Waals surface area (Å²) in [5, 5.41) is 30.7. The van der Waals surface area contributed by atoms with Gasteiger partial charge in [-0.15, -0.1) is 10.2 Å². The highest BCUT2D eigenvalue weighted by Crippen LogP contribution is 2.29. The van der Waals surface area contributed by atoms with Crippen LogP contribution in [-0.2, 0) is 0 Å². The first-order valence-electron chi connectivity index (χ1n) is 3.69. The van der Waals surface area contributed by atoms with Crippen molar-refractivity contribution in [3.8, 4) is 22.9 Å². The molecule has 0 saturated heterocycles. The van der Waals surface area contributed by atoms with Gasteiger partial charge in [-0.3, -0.25) is 0 Å². The maximum atomic E-state index is 9.18. The van der Waals surface area contributed by atoms with Crippen LogP contribution in [0.1, 0.15) is 0 Å². The molecule has 14 heavy (non-hydrogen) atoms. The number of nitrogens with one attached hydrogen (secondary N) is 1. The number of phenolic OH excluding ortho intramolecular Hbond substituents is 1. The van der Waals surface area contributed by atoms with Gasteiger partial charge in [0, 0.05) is 5.56 Å². The van der Waals surface area contributed by atoms with Crippen molar-refractivity contribution in [2.75, 3.05) is 0 Å². The molecule has 0 saturated carbocycles. The fourth-order valence-corrected chi connectivity index (χ4v) is 1.01. The summed E-state index contributed by atoms with van der Waals surface area (Å²) in [4.78, 5) is 3.95. The average molecular weight is 194 g/mol. The first-order valence-corrected chi connectivity index (χ1v) is 3.69. The molecular weight excluding hydrogens is 188 g/mol. The van der Waals surface area contributed by atoms with E-state index in [0.29, 0.717) is 11.4 Å². The van der Waals surface area contributed by atoms with Gasteiger partial charge in [-0.25, -0.2) is 5.26 Å². The molecule has 7 nitrogen and oxygen atoms in total. The van der Waals surface area contributed by atoms with E-state index in [4.69, 9.17) is 5.26 Å². The van der Waals surface area contributed by atoms with Crippen molar-refractivity contribution >= 4 is 0 Å². The number of hydrogen-bond donors (Lipinski definition) is 3. The first kappa shape index (κ1) is 8.45. The molecule has 0 unspecified atom stereocenters. The molecule has 0 aliphatic rings. The van der Waals surface area contributed by atoms with Crippen LogP contribution in [0.15, 0.2) is 18.2 Å². The van der Waals surface area contributed by atoms with Crippen molar-refractivity contribution in [1.29, 1.82) is 0 Å². The summed E-state index contributed by atoms with van der Waals surface area (Å²) in [7, 11) is 0. The zero-order chi connectivity index (χ0) is 9.97. The minimum absolute atomic E-state index is 0.0627. The van der Waals surface area contributed by atoms with E-state index in [0.717, 1.165) is 0 Å². The minimum Gasteiger partial charge on any atom is -0.504 e. The van der Waals surface area contributed by atoms with Crippen LogP contribution in [0, 0.1) is 0 Å². The van der Waals surface area contributed by atoms with Gasteiger partial charge >= 0.3 is 0 Å². The molecule has 0 aliphatic carbocycles. The maximum absolute atomic E-state index is 9.18. The Labute approximate surface area is 77.9 Å². The number of tetrazole rings is 1. The Morgan fingerprint density at radius 1 is 1.36 bits per heavy atom. The third-order valence-electron chi connectivity index (χ3n) is 1.66. The highest BCUT2D eigenvalue weighted by Gasteiger charge is 2.08. The van der Waals surface area contributed by atoms with Crippen LogP contribution in [0.5, 0.6) is 11.5 Å². The lowest BCUT2D eigenvalue weighted by Crippen LogP contribution is -1.87. The molecule has 1 aromatic carbocycles. The van der Waals surface area contributed by atoms with E-state index in [-0.39, 0.29) is 11.5 Å². The topological polar surface area (TPSA) is 104 Å². The third-order valence-corrected chi connectivity index (χ3v) is 1.66. The van der Waals surface area contributed by atoms with Crippen LogP contribution in [-0.4, -0.2) is 31.0 Å². The second-order valence-electron chi connectivity index (χ2n) is 2.51. The largest absolute Gasteiger partial charge is 0.504 e. The minimum atomic E-state index is -0.167. The maximum Gasteiger partial charge on any atom is 0.207 e. The standard InChI is InChI=1S/C7H6N4O3/c12-5-2-1-4(3-6(5)14-13)7-8-10-11-9-7/h1-3,12-13H,(H,8,9,10,11). The molecule has 0 atom stereocenters. The lowest BCUT2D eigenvalue weighted by atomic mass is 10.2. The lowest BCUT2D eigenvalue weighted by Gasteiger charge is -2.01. The number of nitrogens with zero attached hydrogens (tertiary/aromatic N) is 3. The number of phenols is 1. The van der Waals surface area contributed by atoms with E-state index in [1.54, 1.807) is 6.07 Å². The molecule has 7 heteroatoms. The normalized spacial score (nSPS) is 10.1. The summed E-state index contributed by atoms with van der Waals surface area (Å²) >= 11 is 0. The number of benzene rings is 1. The van der Waals surface area contributed by atoms with Gasteiger partial charge in [0.2, 0.25) is 11.6 Å². The third kappa shape index (κ3) is 1.36. The fraction of sp³-hybridized carbons (Fsp3) is 0. The summed E-state index contributed by atoms with van der Waals surface area (Å²) in [6, 6.07) is 4.32. The van der Waals surface area contributed by atoms with Crippen LogP contribution in [0.4, 0.5) is 0 Å². The predicted molar refractivity (Wildman–Crippen MR) is 44.5 cm³/mol. The Kier molecular flexibility index (Phi) is 1.99. The van der Waals surface area contributed by atoms with Gasteiger partial charge in [0.05, 0.1) is 0 Å². The van der Waals surface area contributed by atoms with E-state index < -0.39 is 0 Å². The van der Waals surface area contributed by atoms with Gasteiger partial charge < -0.3 is 9.99 Å². The SMILES string of the molecule is OOc1cc(-c2nn[nH]n2)ccc1O. The van der Waals surface area contributed by atoms with Crippen LogP contribution in [0.2, 0.25) is 0 Å². The van der Waals surface area contributed by atoms with Gasteiger partial charge in [-0.1, -0.05) is 0 Å². The molecule has 0 aliphatic heterocycles. The molecule has 2 rings (SSSR count). The Morgan fingerprint density at radius 2 is 2.21 bits per heavy atom. The molecule has 3 N–H and O–H groups in total. The molecule has 0 fully saturated rings. The van der Waals surface area contributed by atoms with Gasteiger partial charge in [-0.05, 0) is 23.4 Å². The second-order valence-corrected chi connectivity index (χ2v) is 2.51. The van der Waals surface area contributed by atoms with Gasteiger partial charge in [0.1, 0.15) is 0 Å². The monoisotopic (exact) mass is 194 g/mol. The van der Waals surface area contributed by atoms with E-state index in [2.05, 4.69) is 25.5 Å². The summed E-state index contributed by atoms with van der Waals surface area (Å²) in [6.07, 6.45) is 0. The molecule has 1 aromatic heterocycles. The first-order chi connectivity index (χ1) is 6.81. The van der Waals surface area contributed by atoms with E-state index in [1.807, 2.05) is 0 Å². The summed E-state index contributed by atoms with van der Waals surface area (Å²) in [6.45, 7) is 0. The van der Waals surface area contributed by atoms with Crippen molar-refractivity contribution in [3.05, 3.63) is 18.2 Å². The molecular formula is C7H6N4O3. The van der Waals surface area contributed by atoms with Crippen molar-refractivity contribution in [2.24, 2.45) is 0 Å². The molecule has 0 radical (unpaired) electrons. The summed E-state index contributed by atoms with van der Waals surface area (Å²) in [5.74, 6) is 0.121. The van der Waals surface area contributed by atoms with Crippen molar-refractivity contribution in [3.63, 3.8) is 0 Å². The Bertz CT molecular complexity index is 429. The molecule has 0 bridgehead atoms. The number of aromatic hydroxyl groups is 1. The van der Waals surface area contributed by atoms with Crippen LogP contribution in [0.25, 0.3) is 11.4 Å². The summed E-state index contributed by atoms with van der Waals surface area (Å²) < 4.78 is 0. The predicted octanol–water partition coefficient (Wildman–Crippen LogP) is 0.424. The van der Waals surface area contributed by atoms with Crippen molar-refractivity contribution < 1.29 is 15.3 Å². The molecule has 0 amide bonds. The van der Waals surface area contributed by atoms with Gasteiger partial charge in [-0.2, -0.15) is 5.21 Å². The Balaban J connectivity index is 2.46. The Hall–Kier alpha value is -2.15. The Morgan fingerprint density at radius 3 is 2.86 bits per heavy atom. The zero-order valence-corrected chi connectivity index (χ0v) is 6.88. The molecule has 1 heterocycles. The molecule has 2 aromatic rings. The van der Waals surface area contributed by atoms with Crippen LogP contribution in [0.3, 0.4) is 0 Å². The van der Waals surface area contributed by atoms with E-state index in [9.17, 15) is 5.11 Å². The number of H-pyrrole nitrogens is 1. The van der Waals surface area contributed by atoms with E-state index in [1.165, 1.54) is 12.1 Å². The number of hydrogen-bond acceptors (Lipinski definition) is 6. The lowest BCUT2D eigenvalue weighted by molar-refractivity contribution is -0.139. The van der Waals surface area contributed by atoms with Crippen molar-refractivity contribution in [1.82, 2.24) is 20.6 Å². The highest BCUT2D eigenvalue weighted by molar-refractivity contribution is 5.59. The van der Waals surface area contributed by atoms with Crippen LogP contribution >= 0.6 is 0 Å².